The van der Waals surface area contributed by atoms with Crippen molar-refractivity contribution in [1.82, 2.24) is 21.3 Å². The van der Waals surface area contributed by atoms with Crippen LogP contribution in [0.1, 0.15) is 53.4 Å². The molecule has 0 aromatic heterocycles. The van der Waals surface area contributed by atoms with Crippen LogP contribution in [0.4, 0.5) is 0 Å². The molecule has 0 atom stereocenters. The zero-order chi connectivity index (χ0) is 15.9. The summed E-state index contributed by atoms with van der Waals surface area (Å²) in [4.78, 5) is 0. The third-order valence-electron chi connectivity index (χ3n) is 2.52. The van der Waals surface area contributed by atoms with Gasteiger partial charge in [0.05, 0.1) is 0 Å². The lowest BCUT2D eigenvalue weighted by atomic mass is 10.3. The third kappa shape index (κ3) is 30.7. The molecule has 0 spiro atoms. The summed E-state index contributed by atoms with van der Waals surface area (Å²) in [5, 5.41) is 13.2. The summed E-state index contributed by atoms with van der Waals surface area (Å²) in [5.74, 6) is 0. The first kappa shape index (κ1) is 24.8. The van der Waals surface area contributed by atoms with Crippen LogP contribution in [-0.2, 0) is 0 Å². The Morgan fingerprint density at radius 3 is 1.05 bits per heavy atom. The molecule has 126 valence electrons. The van der Waals surface area contributed by atoms with Gasteiger partial charge in [-0.15, -0.1) is 0 Å². The second-order valence-corrected chi connectivity index (χ2v) is 4.12. The molecule has 0 heterocycles. The summed E-state index contributed by atoms with van der Waals surface area (Å²) >= 11 is 0. The third-order valence-corrected chi connectivity index (χ3v) is 2.52. The van der Waals surface area contributed by atoms with E-state index in [1.807, 2.05) is 41.8 Å². The Morgan fingerprint density at radius 2 is 0.750 bits per heavy atom. The zero-order valence-corrected chi connectivity index (χ0v) is 15.1. The highest BCUT2D eigenvalue weighted by Gasteiger charge is 1.90. The van der Waals surface area contributed by atoms with Crippen molar-refractivity contribution in [2.75, 3.05) is 53.4 Å². The molecule has 0 saturated carbocycles. The maximum absolute atomic E-state index is 3.45. The second kappa shape index (κ2) is 31.3. The van der Waals surface area contributed by atoms with Gasteiger partial charge in [0.25, 0.3) is 0 Å². The predicted molar refractivity (Wildman–Crippen MR) is 94.8 cm³/mol. The molecular weight excluding hydrogens is 248 g/mol. The Bertz CT molecular complexity index is 107. The average Bonchev–Trinajstić information content (AvgIpc) is 2.52. The minimum Gasteiger partial charge on any atom is -0.320 e. The van der Waals surface area contributed by atoms with Gasteiger partial charge in [-0.3, -0.25) is 0 Å². The van der Waals surface area contributed by atoms with E-state index < -0.39 is 0 Å². The number of rotatable bonds is 13. The summed E-state index contributed by atoms with van der Waals surface area (Å²) in [7, 11) is 4.00. The van der Waals surface area contributed by atoms with E-state index in [1.54, 1.807) is 0 Å². The molecule has 0 rings (SSSR count). The van der Waals surface area contributed by atoms with Crippen LogP contribution in [0.2, 0.25) is 0 Å². The van der Waals surface area contributed by atoms with E-state index in [4.69, 9.17) is 0 Å². The number of hydrogen-bond acceptors (Lipinski definition) is 4. The molecule has 4 N–H and O–H groups in total. The summed E-state index contributed by atoms with van der Waals surface area (Å²) in [5.41, 5.74) is 0. The normalized spacial score (nSPS) is 9.30. The van der Waals surface area contributed by atoms with Gasteiger partial charge in [0, 0.05) is 0 Å². The Labute approximate surface area is 128 Å². The van der Waals surface area contributed by atoms with Crippen molar-refractivity contribution < 1.29 is 0 Å². The molecule has 0 aliphatic rings. The number of nitrogens with one attached hydrogen (secondary N) is 4. The quantitative estimate of drug-likeness (QED) is 0.393. The first-order chi connectivity index (χ1) is 9.91. The van der Waals surface area contributed by atoms with E-state index in [0.29, 0.717) is 0 Å². The molecule has 0 aromatic rings. The Morgan fingerprint density at radius 1 is 0.450 bits per heavy atom. The average molecular weight is 291 g/mol. The van der Waals surface area contributed by atoms with Crippen LogP contribution in [0, 0.1) is 0 Å². The monoisotopic (exact) mass is 290 g/mol. The predicted octanol–water partition coefficient (Wildman–Crippen LogP) is 2.22. The van der Waals surface area contributed by atoms with Gasteiger partial charge in [-0.2, -0.15) is 0 Å². The maximum atomic E-state index is 3.45. The van der Waals surface area contributed by atoms with Gasteiger partial charge in [-0.1, -0.05) is 27.7 Å². The highest BCUT2D eigenvalue weighted by atomic mass is 14.9. The smallest absolute Gasteiger partial charge is 0.00368 e. The Balaban J connectivity index is -0.000000656. The zero-order valence-electron chi connectivity index (χ0n) is 15.1. The van der Waals surface area contributed by atoms with Crippen LogP contribution >= 0.6 is 0 Å². The van der Waals surface area contributed by atoms with Gasteiger partial charge in [0.15, 0.2) is 0 Å². The van der Waals surface area contributed by atoms with Gasteiger partial charge in [0.2, 0.25) is 0 Å². The van der Waals surface area contributed by atoms with Crippen LogP contribution in [0.5, 0.6) is 0 Å². The molecule has 0 fully saturated rings. The first-order valence-corrected chi connectivity index (χ1v) is 8.62. The molecule has 0 radical (unpaired) electrons. The Hall–Kier alpha value is -0.160. The second-order valence-electron chi connectivity index (χ2n) is 4.12. The van der Waals surface area contributed by atoms with Crippen molar-refractivity contribution in [2.24, 2.45) is 0 Å². The van der Waals surface area contributed by atoms with E-state index in [2.05, 4.69) is 21.3 Å². The summed E-state index contributed by atoms with van der Waals surface area (Å²) in [6.45, 7) is 14.8. The fourth-order valence-corrected chi connectivity index (χ4v) is 1.53. The molecule has 0 aromatic carbocycles. The lowest BCUT2D eigenvalue weighted by Gasteiger charge is -2.06. The largest absolute Gasteiger partial charge is 0.320 e. The van der Waals surface area contributed by atoms with E-state index >= 15 is 0 Å². The molecular formula is C16H42N4. The van der Waals surface area contributed by atoms with Crippen molar-refractivity contribution >= 4 is 0 Å². The number of hydrogen-bond donors (Lipinski definition) is 4. The lowest BCUT2D eigenvalue weighted by Crippen LogP contribution is -2.23. The molecule has 0 aliphatic heterocycles. The van der Waals surface area contributed by atoms with E-state index in [0.717, 1.165) is 39.3 Å². The number of unbranched alkanes of at least 4 members (excludes halogenated alkanes) is 1. The molecule has 4 nitrogen and oxygen atoms in total. The van der Waals surface area contributed by atoms with E-state index in [9.17, 15) is 0 Å². The molecule has 4 heteroatoms. The van der Waals surface area contributed by atoms with Crippen LogP contribution < -0.4 is 21.3 Å². The van der Waals surface area contributed by atoms with Crippen LogP contribution in [-0.4, -0.2) is 53.4 Å². The first-order valence-electron chi connectivity index (χ1n) is 8.62. The fraction of sp³-hybridized carbons (Fsp3) is 1.00. The molecule has 0 bridgehead atoms. The van der Waals surface area contributed by atoms with E-state index in [-0.39, 0.29) is 0 Å². The Kier molecular flexibility index (Phi) is 38.9. The molecule has 0 amide bonds. The summed E-state index contributed by atoms with van der Waals surface area (Å²) < 4.78 is 0. The van der Waals surface area contributed by atoms with Crippen LogP contribution in [0.25, 0.3) is 0 Å². The van der Waals surface area contributed by atoms with Gasteiger partial charge in [-0.25, -0.2) is 0 Å². The SMILES string of the molecule is CC.CC.CNCCCNCCCCNCCCNC. The van der Waals surface area contributed by atoms with Crippen molar-refractivity contribution in [3.05, 3.63) is 0 Å². The maximum Gasteiger partial charge on any atom is -0.00368 e. The molecule has 0 unspecified atom stereocenters. The summed E-state index contributed by atoms with van der Waals surface area (Å²) in [6.07, 6.45) is 4.99. The van der Waals surface area contributed by atoms with Gasteiger partial charge >= 0.3 is 0 Å². The van der Waals surface area contributed by atoms with Crippen molar-refractivity contribution in [3.8, 4) is 0 Å². The lowest BCUT2D eigenvalue weighted by molar-refractivity contribution is 0.559. The van der Waals surface area contributed by atoms with Crippen molar-refractivity contribution in [2.45, 2.75) is 53.4 Å². The standard InChI is InChI=1S/C12H30N4.2C2H6/c1-13-7-5-11-15-9-3-4-10-16-12-6-8-14-2;2*1-2/h13-16H,3-12H2,1-2H3;2*1-2H3. The van der Waals surface area contributed by atoms with Crippen LogP contribution in [0.3, 0.4) is 0 Å². The minimum absolute atomic E-state index is 1.11. The fourth-order valence-electron chi connectivity index (χ4n) is 1.53. The van der Waals surface area contributed by atoms with Gasteiger partial charge in [0.1, 0.15) is 0 Å². The molecule has 0 saturated heterocycles. The van der Waals surface area contributed by atoms with Crippen molar-refractivity contribution in [3.63, 3.8) is 0 Å². The summed E-state index contributed by atoms with van der Waals surface area (Å²) in [6, 6.07) is 0. The van der Waals surface area contributed by atoms with Gasteiger partial charge in [-0.05, 0) is 79.0 Å². The minimum atomic E-state index is 1.11. The van der Waals surface area contributed by atoms with E-state index in [1.165, 1.54) is 25.7 Å². The topological polar surface area (TPSA) is 48.1 Å². The molecule has 0 aliphatic carbocycles. The highest BCUT2D eigenvalue weighted by molar-refractivity contribution is 4.53. The van der Waals surface area contributed by atoms with Crippen molar-refractivity contribution in [1.29, 1.82) is 0 Å². The van der Waals surface area contributed by atoms with Gasteiger partial charge < -0.3 is 21.3 Å². The molecule has 20 heavy (non-hydrogen) atoms. The highest BCUT2D eigenvalue weighted by Crippen LogP contribution is 1.85. The van der Waals surface area contributed by atoms with Crippen LogP contribution in [0.15, 0.2) is 0 Å².